The Bertz CT molecular complexity index is 156. The van der Waals surface area contributed by atoms with Crippen LogP contribution in [0.25, 0.3) is 0 Å². The highest BCUT2D eigenvalue weighted by Crippen LogP contribution is 2.15. The molecule has 1 amide bonds. The first kappa shape index (κ1) is 7.41. The summed E-state index contributed by atoms with van der Waals surface area (Å²) in [5.41, 5.74) is 0. The second-order valence-electron chi connectivity index (χ2n) is 2.63. The summed E-state index contributed by atoms with van der Waals surface area (Å²) in [5, 5.41) is 0. The predicted molar refractivity (Wildman–Crippen MR) is 40.2 cm³/mol. The lowest BCUT2D eigenvalue weighted by atomic mass is 10.2. The lowest BCUT2D eigenvalue weighted by molar-refractivity contribution is -0.121. The zero-order valence-corrected chi connectivity index (χ0v) is 6.21. The van der Waals surface area contributed by atoms with E-state index in [1.165, 1.54) is 0 Å². The maximum absolute atomic E-state index is 11.0. The first-order valence-corrected chi connectivity index (χ1v) is 3.46. The van der Waals surface area contributed by atoms with Crippen molar-refractivity contribution in [2.24, 2.45) is 4.99 Å². The summed E-state index contributed by atoms with van der Waals surface area (Å²) in [6.45, 7) is 4.22. The standard InChI is InChI=1S/C7H12N2O/c1-8-7(10)6-4-3-5-9(6)2/h6H,1,3-5H2,2H3. The lowest BCUT2D eigenvalue weighted by Crippen LogP contribution is -2.31. The molecule has 0 radical (unpaired) electrons. The SMILES string of the molecule is C=NC(=O)C1CCCN1C. The van der Waals surface area contributed by atoms with Gasteiger partial charge in [0.25, 0.3) is 5.91 Å². The van der Waals surface area contributed by atoms with Crippen LogP contribution in [0.2, 0.25) is 0 Å². The number of likely N-dealkylation sites (tertiary alicyclic amines) is 1. The van der Waals surface area contributed by atoms with E-state index in [2.05, 4.69) is 11.7 Å². The summed E-state index contributed by atoms with van der Waals surface area (Å²) in [6, 6.07) is 0.0116. The molecule has 1 heterocycles. The van der Waals surface area contributed by atoms with Crippen LogP contribution >= 0.6 is 0 Å². The largest absolute Gasteiger partial charge is 0.295 e. The van der Waals surface area contributed by atoms with Gasteiger partial charge >= 0.3 is 0 Å². The molecular formula is C7H12N2O. The second-order valence-corrected chi connectivity index (χ2v) is 2.63. The van der Waals surface area contributed by atoms with Crippen molar-refractivity contribution < 1.29 is 4.79 Å². The Labute approximate surface area is 60.7 Å². The highest BCUT2D eigenvalue weighted by Gasteiger charge is 2.26. The van der Waals surface area contributed by atoms with Crippen molar-refractivity contribution in [1.82, 2.24) is 4.90 Å². The van der Waals surface area contributed by atoms with Crippen LogP contribution in [0.4, 0.5) is 0 Å². The molecule has 3 heteroatoms. The van der Waals surface area contributed by atoms with Gasteiger partial charge in [-0.3, -0.25) is 9.69 Å². The Morgan fingerprint density at radius 2 is 2.50 bits per heavy atom. The Balaban J connectivity index is 2.54. The molecule has 0 aromatic rings. The molecule has 3 nitrogen and oxygen atoms in total. The molecule has 10 heavy (non-hydrogen) atoms. The molecule has 1 rings (SSSR count). The molecular weight excluding hydrogens is 128 g/mol. The van der Waals surface area contributed by atoms with Crippen LogP contribution in [0.3, 0.4) is 0 Å². The van der Waals surface area contributed by atoms with E-state index in [1.807, 2.05) is 11.9 Å². The topological polar surface area (TPSA) is 32.7 Å². The molecule has 0 N–H and O–H groups in total. The number of carbonyl (C=O) groups excluding carboxylic acids is 1. The number of nitrogens with zero attached hydrogens (tertiary/aromatic N) is 2. The van der Waals surface area contributed by atoms with Gasteiger partial charge in [-0.05, 0) is 33.2 Å². The van der Waals surface area contributed by atoms with Crippen LogP contribution in [0, 0.1) is 0 Å². The van der Waals surface area contributed by atoms with Gasteiger partial charge in [-0.2, -0.15) is 0 Å². The number of amides is 1. The number of hydrogen-bond donors (Lipinski definition) is 0. The molecule has 1 saturated heterocycles. The molecule has 0 bridgehead atoms. The van der Waals surface area contributed by atoms with Crippen molar-refractivity contribution in [3.05, 3.63) is 0 Å². The van der Waals surface area contributed by atoms with Gasteiger partial charge in [0.05, 0.1) is 6.04 Å². The Morgan fingerprint density at radius 1 is 1.80 bits per heavy atom. The average Bonchev–Trinajstić information content (AvgIpc) is 2.34. The number of likely N-dealkylation sites (N-methyl/N-ethyl adjacent to an activating group) is 1. The number of rotatable bonds is 1. The zero-order valence-electron chi connectivity index (χ0n) is 6.21. The molecule has 1 atom stereocenters. The first-order valence-electron chi connectivity index (χ1n) is 3.46. The zero-order chi connectivity index (χ0) is 7.56. The Hall–Kier alpha value is -0.700. The number of carbonyl (C=O) groups is 1. The maximum Gasteiger partial charge on any atom is 0.262 e. The van der Waals surface area contributed by atoms with Gasteiger partial charge in [0.1, 0.15) is 0 Å². The minimum absolute atomic E-state index is 0.0116. The van der Waals surface area contributed by atoms with E-state index < -0.39 is 0 Å². The fourth-order valence-electron chi connectivity index (χ4n) is 1.33. The van der Waals surface area contributed by atoms with Crippen molar-refractivity contribution in [2.75, 3.05) is 13.6 Å². The quantitative estimate of drug-likeness (QED) is 0.491. The summed E-state index contributed by atoms with van der Waals surface area (Å²) in [7, 11) is 1.95. The smallest absolute Gasteiger partial charge is 0.262 e. The van der Waals surface area contributed by atoms with Gasteiger partial charge < -0.3 is 0 Å². The van der Waals surface area contributed by atoms with Crippen LogP contribution < -0.4 is 0 Å². The maximum atomic E-state index is 11.0. The normalized spacial score (nSPS) is 26.7. The van der Waals surface area contributed by atoms with Gasteiger partial charge in [-0.25, -0.2) is 4.99 Å². The Kier molecular flexibility index (Phi) is 2.17. The summed E-state index contributed by atoms with van der Waals surface area (Å²) in [6.07, 6.45) is 2.04. The molecule has 56 valence electrons. The third kappa shape index (κ3) is 1.24. The summed E-state index contributed by atoms with van der Waals surface area (Å²) in [5.74, 6) is -0.0833. The first-order chi connectivity index (χ1) is 4.75. The van der Waals surface area contributed by atoms with Crippen molar-refractivity contribution in [3.63, 3.8) is 0 Å². The fourth-order valence-corrected chi connectivity index (χ4v) is 1.33. The fraction of sp³-hybridized carbons (Fsp3) is 0.714. The van der Waals surface area contributed by atoms with E-state index in [4.69, 9.17) is 0 Å². The van der Waals surface area contributed by atoms with Gasteiger partial charge in [0.2, 0.25) is 0 Å². The number of hydrogen-bond acceptors (Lipinski definition) is 2. The van der Waals surface area contributed by atoms with E-state index in [0.29, 0.717) is 0 Å². The van der Waals surface area contributed by atoms with E-state index in [9.17, 15) is 4.79 Å². The number of aliphatic imine (C=N–C) groups is 1. The third-order valence-corrected chi connectivity index (χ3v) is 1.96. The van der Waals surface area contributed by atoms with Gasteiger partial charge in [-0.15, -0.1) is 0 Å². The van der Waals surface area contributed by atoms with Crippen LogP contribution in [-0.2, 0) is 4.79 Å². The highest BCUT2D eigenvalue weighted by atomic mass is 16.1. The van der Waals surface area contributed by atoms with Crippen LogP contribution in [0.15, 0.2) is 4.99 Å². The van der Waals surface area contributed by atoms with E-state index in [-0.39, 0.29) is 11.9 Å². The third-order valence-electron chi connectivity index (χ3n) is 1.96. The molecule has 1 fully saturated rings. The van der Waals surface area contributed by atoms with E-state index in [1.54, 1.807) is 0 Å². The second kappa shape index (κ2) is 2.92. The van der Waals surface area contributed by atoms with Crippen molar-refractivity contribution >= 4 is 12.6 Å². The summed E-state index contributed by atoms with van der Waals surface area (Å²) in [4.78, 5) is 16.4. The van der Waals surface area contributed by atoms with Crippen LogP contribution in [0.1, 0.15) is 12.8 Å². The molecule has 1 aliphatic heterocycles. The molecule has 1 aliphatic rings. The summed E-state index contributed by atoms with van der Waals surface area (Å²) >= 11 is 0. The summed E-state index contributed by atoms with van der Waals surface area (Å²) < 4.78 is 0. The highest BCUT2D eigenvalue weighted by molar-refractivity contribution is 5.85. The van der Waals surface area contributed by atoms with Crippen LogP contribution in [0.5, 0.6) is 0 Å². The predicted octanol–water partition coefficient (Wildman–Crippen LogP) is 0.308. The molecule has 0 aromatic carbocycles. The van der Waals surface area contributed by atoms with Crippen molar-refractivity contribution in [2.45, 2.75) is 18.9 Å². The minimum atomic E-state index is -0.0833. The van der Waals surface area contributed by atoms with Crippen molar-refractivity contribution in [3.8, 4) is 0 Å². The van der Waals surface area contributed by atoms with Crippen LogP contribution in [-0.4, -0.2) is 37.2 Å². The molecule has 0 aliphatic carbocycles. The van der Waals surface area contributed by atoms with Gasteiger partial charge in [0, 0.05) is 0 Å². The average molecular weight is 140 g/mol. The van der Waals surface area contributed by atoms with Gasteiger partial charge in [-0.1, -0.05) is 0 Å². The molecule has 0 saturated carbocycles. The minimum Gasteiger partial charge on any atom is -0.295 e. The van der Waals surface area contributed by atoms with E-state index in [0.717, 1.165) is 19.4 Å². The Morgan fingerprint density at radius 3 is 2.90 bits per heavy atom. The molecule has 1 unspecified atom stereocenters. The van der Waals surface area contributed by atoms with Crippen molar-refractivity contribution in [1.29, 1.82) is 0 Å². The lowest BCUT2D eigenvalue weighted by Gasteiger charge is -2.14. The van der Waals surface area contributed by atoms with Gasteiger partial charge in [0.15, 0.2) is 0 Å². The van der Waals surface area contributed by atoms with E-state index >= 15 is 0 Å². The molecule has 0 aromatic heterocycles. The monoisotopic (exact) mass is 140 g/mol. The molecule has 0 spiro atoms.